The topological polar surface area (TPSA) is 70.0 Å². The van der Waals surface area contributed by atoms with Gasteiger partial charge in [-0.2, -0.15) is 5.26 Å². The minimum Gasteiger partial charge on any atom is -0.214 e. The molecule has 1 N–H and O–H groups in total. The number of benzene rings is 1. The minimum absolute atomic E-state index is 0.173. The van der Waals surface area contributed by atoms with Crippen molar-refractivity contribution in [2.75, 3.05) is 6.54 Å². The van der Waals surface area contributed by atoms with Crippen LogP contribution < -0.4 is 4.72 Å². The van der Waals surface area contributed by atoms with Crippen LogP contribution in [-0.4, -0.2) is 15.0 Å². The van der Waals surface area contributed by atoms with Crippen LogP contribution in [0.4, 0.5) is 0 Å². The van der Waals surface area contributed by atoms with Crippen LogP contribution in [0.3, 0.4) is 0 Å². The molecule has 1 atom stereocenters. The normalized spacial score (nSPS) is 12.9. The summed E-state index contributed by atoms with van der Waals surface area (Å²) in [6, 6.07) is 11.1. The van der Waals surface area contributed by atoms with Crippen LogP contribution in [0, 0.1) is 11.3 Å². The highest BCUT2D eigenvalue weighted by Crippen LogP contribution is 2.26. The summed E-state index contributed by atoms with van der Waals surface area (Å²) < 4.78 is 26.8. The van der Waals surface area contributed by atoms with Crippen LogP contribution in [0.25, 0.3) is 0 Å². The summed E-state index contributed by atoms with van der Waals surface area (Å²) in [5.74, 6) is 0. The average Bonchev–Trinajstić information content (AvgIpc) is 2.37. The first-order chi connectivity index (χ1) is 8.61. The van der Waals surface area contributed by atoms with Crippen molar-refractivity contribution in [2.24, 2.45) is 0 Å². The second-order valence-electron chi connectivity index (χ2n) is 4.04. The molecule has 0 spiro atoms. The quantitative estimate of drug-likeness (QED) is 0.770. The molecule has 1 aromatic carbocycles. The molecule has 0 aliphatic heterocycles. The van der Waals surface area contributed by atoms with Crippen molar-refractivity contribution >= 4 is 10.0 Å². The maximum absolute atomic E-state index is 12.2. The van der Waals surface area contributed by atoms with Gasteiger partial charge in [0.05, 0.1) is 6.07 Å². The lowest BCUT2D eigenvalue weighted by Crippen LogP contribution is -2.30. The monoisotopic (exact) mass is 266 g/mol. The molecule has 98 valence electrons. The Morgan fingerprint density at radius 3 is 2.56 bits per heavy atom. The maximum atomic E-state index is 12.2. The fourth-order valence-corrected chi connectivity index (χ4v) is 3.43. The van der Waals surface area contributed by atoms with Gasteiger partial charge in [0.1, 0.15) is 5.25 Å². The maximum Gasteiger partial charge on any atom is 0.218 e. The van der Waals surface area contributed by atoms with Crippen LogP contribution in [0.1, 0.15) is 37.0 Å². The molecule has 18 heavy (non-hydrogen) atoms. The molecule has 0 aliphatic rings. The predicted molar refractivity (Wildman–Crippen MR) is 71.2 cm³/mol. The zero-order valence-corrected chi connectivity index (χ0v) is 11.3. The highest BCUT2D eigenvalue weighted by Gasteiger charge is 2.25. The lowest BCUT2D eigenvalue weighted by Gasteiger charge is -2.17. The Morgan fingerprint density at radius 2 is 2.00 bits per heavy atom. The number of hydrogen-bond acceptors (Lipinski definition) is 3. The first-order valence-corrected chi connectivity index (χ1v) is 7.56. The van der Waals surface area contributed by atoms with Crippen LogP contribution >= 0.6 is 0 Å². The Balaban J connectivity index is 2.88. The first kappa shape index (κ1) is 14.7. The van der Waals surface area contributed by atoms with E-state index in [1.807, 2.05) is 43.3 Å². The van der Waals surface area contributed by atoms with E-state index >= 15 is 0 Å². The van der Waals surface area contributed by atoms with Crippen LogP contribution in [0.2, 0.25) is 0 Å². The van der Waals surface area contributed by atoms with E-state index in [0.29, 0.717) is 6.42 Å². The Kier molecular flexibility index (Phi) is 5.83. The molecule has 5 heteroatoms. The second-order valence-corrected chi connectivity index (χ2v) is 5.98. The average molecular weight is 266 g/mol. The Labute approximate surface area is 109 Å². The van der Waals surface area contributed by atoms with Crippen molar-refractivity contribution in [3.05, 3.63) is 35.9 Å². The highest BCUT2D eigenvalue weighted by molar-refractivity contribution is 7.89. The number of nitrogens with one attached hydrogen (secondary N) is 1. The van der Waals surface area contributed by atoms with Gasteiger partial charge in [0, 0.05) is 13.0 Å². The molecule has 1 rings (SSSR count). The van der Waals surface area contributed by atoms with Crippen molar-refractivity contribution in [1.82, 2.24) is 4.72 Å². The molecule has 1 aromatic rings. The van der Waals surface area contributed by atoms with Crippen molar-refractivity contribution in [3.8, 4) is 6.07 Å². The van der Waals surface area contributed by atoms with Gasteiger partial charge in [-0.3, -0.25) is 0 Å². The summed E-state index contributed by atoms with van der Waals surface area (Å²) in [6.45, 7) is 2.13. The molecule has 0 saturated carbocycles. The van der Waals surface area contributed by atoms with Gasteiger partial charge in [-0.05, 0) is 12.0 Å². The summed E-state index contributed by atoms with van der Waals surface area (Å²) in [7, 11) is -3.41. The summed E-state index contributed by atoms with van der Waals surface area (Å²) in [6.07, 6.45) is 1.55. The number of rotatable bonds is 7. The van der Waals surface area contributed by atoms with E-state index in [-0.39, 0.29) is 13.0 Å². The predicted octanol–water partition coefficient (Wildman–Crippen LogP) is 2.36. The lowest BCUT2D eigenvalue weighted by atomic mass is 10.1. The zero-order valence-electron chi connectivity index (χ0n) is 10.5. The van der Waals surface area contributed by atoms with Crippen molar-refractivity contribution in [3.63, 3.8) is 0 Å². The van der Waals surface area contributed by atoms with E-state index in [1.165, 1.54) is 0 Å². The van der Waals surface area contributed by atoms with Crippen LogP contribution in [0.15, 0.2) is 30.3 Å². The molecule has 0 radical (unpaired) electrons. The molecule has 4 nitrogen and oxygen atoms in total. The van der Waals surface area contributed by atoms with E-state index < -0.39 is 15.3 Å². The van der Waals surface area contributed by atoms with Gasteiger partial charge in [-0.1, -0.05) is 43.7 Å². The van der Waals surface area contributed by atoms with Crippen molar-refractivity contribution < 1.29 is 8.42 Å². The highest BCUT2D eigenvalue weighted by atomic mass is 32.2. The molecule has 0 bridgehead atoms. The van der Waals surface area contributed by atoms with E-state index in [1.54, 1.807) is 0 Å². The van der Waals surface area contributed by atoms with Gasteiger partial charge in [-0.15, -0.1) is 0 Å². The SMILES string of the molecule is CCCC(c1ccccc1)S(=O)(=O)NCCC#N. The first-order valence-electron chi connectivity index (χ1n) is 6.02. The standard InChI is InChI=1S/C13H18N2O2S/c1-2-7-13(12-8-4-3-5-9-12)18(16,17)15-11-6-10-14/h3-5,8-9,13,15H,2,6-7,11H2,1H3. The Hall–Kier alpha value is -1.38. The number of sulfonamides is 1. The molecule has 0 aliphatic carbocycles. The van der Waals surface area contributed by atoms with Gasteiger partial charge in [0.15, 0.2) is 0 Å². The van der Waals surface area contributed by atoms with Gasteiger partial charge in [0.25, 0.3) is 0 Å². The molecule has 0 amide bonds. The van der Waals surface area contributed by atoms with E-state index in [0.717, 1.165) is 12.0 Å². The van der Waals surface area contributed by atoms with Gasteiger partial charge < -0.3 is 0 Å². The van der Waals surface area contributed by atoms with Gasteiger partial charge in [-0.25, -0.2) is 13.1 Å². The number of nitriles is 1. The molecule has 0 fully saturated rings. The lowest BCUT2D eigenvalue weighted by molar-refractivity contribution is 0.559. The largest absolute Gasteiger partial charge is 0.218 e. The van der Waals surface area contributed by atoms with E-state index in [4.69, 9.17) is 5.26 Å². The van der Waals surface area contributed by atoms with Gasteiger partial charge in [0.2, 0.25) is 10.0 Å². The third kappa shape index (κ3) is 4.13. The molecular weight excluding hydrogens is 248 g/mol. The molecule has 0 aromatic heterocycles. The fraction of sp³-hybridized carbons (Fsp3) is 0.462. The number of nitrogens with zero attached hydrogens (tertiary/aromatic N) is 1. The Morgan fingerprint density at radius 1 is 1.33 bits per heavy atom. The third-order valence-corrected chi connectivity index (χ3v) is 4.50. The summed E-state index contributed by atoms with van der Waals surface area (Å²) >= 11 is 0. The Bertz CT molecular complexity index is 491. The van der Waals surface area contributed by atoms with Gasteiger partial charge >= 0.3 is 0 Å². The van der Waals surface area contributed by atoms with Crippen molar-refractivity contribution in [1.29, 1.82) is 5.26 Å². The summed E-state index contributed by atoms with van der Waals surface area (Å²) in [5.41, 5.74) is 0.795. The summed E-state index contributed by atoms with van der Waals surface area (Å²) in [4.78, 5) is 0. The number of hydrogen-bond donors (Lipinski definition) is 1. The minimum atomic E-state index is -3.41. The smallest absolute Gasteiger partial charge is 0.214 e. The zero-order chi connectivity index (χ0) is 13.4. The van der Waals surface area contributed by atoms with E-state index in [2.05, 4.69) is 4.72 Å². The molecule has 0 saturated heterocycles. The third-order valence-electron chi connectivity index (χ3n) is 2.64. The molecule has 1 unspecified atom stereocenters. The van der Waals surface area contributed by atoms with E-state index in [9.17, 15) is 8.42 Å². The fourth-order valence-electron chi connectivity index (χ4n) is 1.78. The second kappa shape index (κ2) is 7.14. The van der Waals surface area contributed by atoms with Crippen LogP contribution in [-0.2, 0) is 10.0 Å². The molecular formula is C13H18N2O2S. The molecule has 0 heterocycles. The summed E-state index contributed by atoms with van der Waals surface area (Å²) in [5, 5.41) is 7.90. The van der Waals surface area contributed by atoms with Crippen LogP contribution in [0.5, 0.6) is 0 Å². The van der Waals surface area contributed by atoms with Crippen molar-refractivity contribution in [2.45, 2.75) is 31.4 Å².